The van der Waals surface area contributed by atoms with Crippen molar-refractivity contribution in [1.29, 1.82) is 0 Å². The molecule has 298 valence electrons. The van der Waals surface area contributed by atoms with Gasteiger partial charge in [0, 0.05) is 0 Å². The van der Waals surface area contributed by atoms with E-state index in [1.165, 1.54) is 83.5 Å². The molecule has 0 spiro atoms. The second-order valence-electron chi connectivity index (χ2n) is 14.0. The number of carbonyl (C=O) groups excluding carboxylic acids is 1. The van der Waals surface area contributed by atoms with Crippen LogP contribution in [-0.4, -0.2) is 107 Å². The molecule has 8 atom stereocenters. The number of amides is 1. The van der Waals surface area contributed by atoms with Crippen molar-refractivity contribution in [3.8, 4) is 0 Å². The minimum Gasteiger partial charge on any atom is -0.394 e. The van der Waals surface area contributed by atoms with Crippen LogP contribution in [0.2, 0.25) is 0 Å². The molecule has 13 nitrogen and oxygen atoms in total. The normalized spacial score (nSPS) is 23.1. The van der Waals surface area contributed by atoms with E-state index in [1.54, 1.807) is 0 Å². The SMILES string of the molecule is CCCCCCCCCCCCCCC(O)C(COC1OC(CO)C(O)C(OS(=O)(=O)O)C1O)NC(=O)C(O)CCCCCCCCCCC. The number of carbonyl (C=O) groups is 1. The Morgan fingerprint density at radius 1 is 0.720 bits per heavy atom. The lowest BCUT2D eigenvalue weighted by molar-refractivity contribution is -0.298. The quantitative estimate of drug-likeness (QED) is 0.0364. The van der Waals surface area contributed by atoms with E-state index in [-0.39, 0.29) is 6.42 Å². The van der Waals surface area contributed by atoms with Crippen molar-refractivity contribution in [2.45, 2.75) is 210 Å². The Balaban J connectivity index is 2.68. The van der Waals surface area contributed by atoms with Crippen LogP contribution in [0.1, 0.15) is 162 Å². The van der Waals surface area contributed by atoms with Crippen molar-refractivity contribution in [2.24, 2.45) is 0 Å². The predicted molar refractivity (Wildman–Crippen MR) is 192 cm³/mol. The van der Waals surface area contributed by atoms with Gasteiger partial charge >= 0.3 is 10.4 Å². The van der Waals surface area contributed by atoms with Gasteiger partial charge in [0.05, 0.1) is 25.4 Å². The highest BCUT2D eigenvalue weighted by Gasteiger charge is 2.48. The molecule has 1 fully saturated rings. The third kappa shape index (κ3) is 21.6. The number of aliphatic hydroxyl groups is 5. The van der Waals surface area contributed by atoms with Crippen molar-refractivity contribution >= 4 is 16.3 Å². The van der Waals surface area contributed by atoms with Gasteiger partial charge in [-0.15, -0.1) is 0 Å². The fraction of sp³-hybridized carbons (Fsp3) is 0.972. The second kappa shape index (κ2) is 28.5. The van der Waals surface area contributed by atoms with Crippen LogP contribution < -0.4 is 5.32 Å². The molecule has 1 saturated heterocycles. The minimum absolute atomic E-state index is 0.263. The molecule has 8 unspecified atom stereocenters. The molecule has 7 N–H and O–H groups in total. The lowest BCUT2D eigenvalue weighted by Gasteiger charge is -2.41. The first-order chi connectivity index (χ1) is 23.9. The van der Waals surface area contributed by atoms with E-state index in [1.807, 2.05) is 0 Å². The van der Waals surface area contributed by atoms with Crippen molar-refractivity contribution in [3.63, 3.8) is 0 Å². The molecule has 50 heavy (non-hydrogen) atoms. The molecule has 0 aromatic rings. The Kier molecular flexibility index (Phi) is 26.9. The Hall–Kier alpha value is -0.940. The van der Waals surface area contributed by atoms with Gasteiger partial charge in [-0.1, -0.05) is 149 Å². The van der Waals surface area contributed by atoms with Crippen molar-refractivity contribution in [2.75, 3.05) is 13.2 Å². The molecule has 0 aromatic heterocycles. The zero-order valence-corrected chi connectivity index (χ0v) is 31.7. The summed E-state index contributed by atoms with van der Waals surface area (Å²) in [5.74, 6) is -0.673. The summed E-state index contributed by atoms with van der Waals surface area (Å²) in [5, 5.41) is 54.9. The van der Waals surface area contributed by atoms with E-state index in [9.17, 15) is 38.7 Å². The highest BCUT2D eigenvalue weighted by atomic mass is 32.3. The van der Waals surface area contributed by atoms with Gasteiger partial charge in [-0.2, -0.15) is 8.42 Å². The summed E-state index contributed by atoms with van der Waals surface area (Å²) >= 11 is 0. The second-order valence-corrected chi connectivity index (χ2v) is 15.1. The Morgan fingerprint density at radius 3 is 1.60 bits per heavy atom. The monoisotopic (exact) mass is 741 g/mol. The summed E-state index contributed by atoms with van der Waals surface area (Å²) in [6.45, 7) is 3.21. The van der Waals surface area contributed by atoms with Crippen LogP contribution in [0.5, 0.6) is 0 Å². The average molecular weight is 742 g/mol. The van der Waals surface area contributed by atoms with Gasteiger partial charge in [-0.05, 0) is 12.8 Å². The van der Waals surface area contributed by atoms with Gasteiger partial charge in [0.1, 0.15) is 30.5 Å². The first-order valence-electron chi connectivity index (χ1n) is 19.5. The lowest BCUT2D eigenvalue weighted by atomic mass is 9.99. The van der Waals surface area contributed by atoms with E-state index in [0.29, 0.717) is 19.3 Å². The molecular weight excluding hydrogens is 670 g/mol. The smallest absolute Gasteiger partial charge is 0.394 e. The maximum absolute atomic E-state index is 13.0. The fourth-order valence-corrected chi connectivity index (χ4v) is 6.85. The van der Waals surface area contributed by atoms with Crippen LogP contribution in [0.15, 0.2) is 0 Å². The standard InChI is InChI=1S/C36H71NO12S/c1-3-5-7-9-11-13-14-15-17-18-20-22-24-29(39)28(37-35(43)30(40)25-23-21-19-16-12-10-8-6-4-2)27-47-36-33(42)34(49-50(44,45)46)32(41)31(26-38)48-36/h28-34,36,38-42H,3-27H2,1-2H3,(H,37,43)(H,44,45,46). The van der Waals surface area contributed by atoms with Crippen molar-refractivity contribution in [3.05, 3.63) is 0 Å². The maximum Gasteiger partial charge on any atom is 0.397 e. The van der Waals surface area contributed by atoms with Crippen molar-refractivity contribution < 1.29 is 57.0 Å². The number of nitrogens with one attached hydrogen (secondary N) is 1. The zero-order valence-electron chi connectivity index (χ0n) is 30.8. The van der Waals surface area contributed by atoms with Crippen LogP contribution in [-0.2, 0) is 28.9 Å². The number of rotatable bonds is 32. The third-order valence-electron chi connectivity index (χ3n) is 9.52. The van der Waals surface area contributed by atoms with Gasteiger partial charge in [0.2, 0.25) is 5.91 Å². The number of hydrogen-bond donors (Lipinski definition) is 7. The van der Waals surface area contributed by atoms with Crippen LogP contribution in [0.3, 0.4) is 0 Å². The van der Waals surface area contributed by atoms with E-state index < -0.39 is 78.5 Å². The zero-order chi connectivity index (χ0) is 37.2. The maximum atomic E-state index is 13.0. The number of ether oxygens (including phenoxy) is 2. The first kappa shape index (κ1) is 47.1. The highest BCUT2D eigenvalue weighted by Crippen LogP contribution is 2.26. The molecule has 0 aliphatic carbocycles. The lowest BCUT2D eigenvalue weighted by Crippen LogP contribution is -2.61. The van der Waals surface area contributed by atoms with Gasteiger partial charge in [0.15, 0.2) is 6.29 Å². The van der Waals surface area contributed by atoms with E-state index in [2.05, 4.69) is 23.3 Å². The Labute approximate surface area is 301 Å². The Bertz CT molecular complexity index is 942. The van der Waals surface area contributed by atoms with E-state index in [0.717, 1.165) is 38.5 Å². The summed E-state index contributed by atoms with van der Waals surface area (Å²) in [4.78, 5) is 13.0. The van der Waals surface area contributed by atoms with Crippen LogP contribution in [0.4, 0.5) is 0 Å². The fourth-order valence-electron chi connectivity index (χ4n) is 6.35. The Morgan fingerprint density at radius 2 is 1.16 bits per heavy atom. The average Bonchev–Trinajstić information content (AvgIpc) is 3.08. The van der Waals surface area contributed by atoms with E-state index in [4.69, 9.17) is 14.0 Å². The van der Waals surface area contributed by atoms with Gasteiger partial charge in [-0.25, -0.2) is 4.18 Å². The van der Waals surface area contributed by atoms with Crippen LogP contribution in [0.25, 0.3) is 0 Å². The summed E-state index contributed by atoms with van der Waals surface area (Å²) < 4.78 is 47.3. The largest absolute Gasteiger partial charge is 0.397 e. The molecule has 1 aliphatic heterocycles. The van der Waals surface area contributed by atoms with Crippen molar-refractivity contribution in [1.82, 2.24) is 5.32 Å². The molecule has 1 aliphatic rings. The van der Waals surface area contributed by atoms with Gasteiger partial charge < -0.3 is 40.3 Å². The molecule has 1 rings (SSSR count). The molecule has 0 radical (unpaired) electrons. The minimum atomic E-state index is -5.10. The summed E-state index contributed by atoms with van der Waals surface area (Å²) in [5.41, 5.74) is 0. The topological polar surface area (TPSA) is 212 Å². The van der Waals surface area contributed by atoms with Crippen LogP contribution in [0, 0.1) is 0 Å². The van der Waals surface area contributed by atoms with Gasteiger partial charge in [-0.3, -0.25) is 9.35 Å². The first-order valence-corrected chi connectivity index (χ1v) is 20.9. The van der Waals surface area contributed by atoms with Crippen LogP contribution >= 0.6 is 0 Å². The third-order valence-corrected chi connectivity index (χ3v) is 9.99. The number of aliphatic hydroxyl groups excluding tert-OH is 5. The molecule has 1 amide bonds. The molecular formula is C36H71NO12S. The number of unbranched alkanes of at least 4 members (excludes halogenated alkanes) is 19. The predicted octanol–water partition coefficient (Wildman–Crippen LogP) is 4.85. The summed E-state index contributed by atoms with van der Waals surface area (Å²) in [6.07, 6.45) is 13.2. The molecule has 14 heteroatoms. The summed E-state index contributed by atoms with van der Waals surface area (Å²) in [6, 6.07) is -1.02. The van der Waals surface area contributed by atoms with Gasteiger partial charge in [0.25, 0.3) is 0 Å². The van der Waals surface area contributed by atoms with E-state index >= 15 is 0 Å². The molecule has 0 saturated carbocycles. The summed E-state index contributed by atoms with van der Waals surface area (Å²) in [7, 11) is -5.10. The molecule has 0 aromatic carbocycles. The molecule has 0 bridgehead atoms. The number of hydrogen-bond acceptors (Lipinski definition) is 11. The highest BCUT2D eigenvalue weighted by molar-refractivity contribution is 7.80. The molecule has 1 heterocycles.